The van der Waals surface area contributed by atoms with Crippen molar-refractivity contribution in [3.05, 3.63) is 29.8 Å². The minimum Gasteiger partial charge on any atom is -0.399 e. The molecular formula is C15H21BO4. The largest absolute Gasteiger partial charge is 0.494 e. The van der Waals surface area contributed by atoms with Gasteiger partial charge >= 0.3 is 7.12 Å². The highest BCUT2D eigenvalue weighted by atomic mass is 16.7. The zero-order chi connectivity index (χ0) is 14.4. The van der Waals surface area contributed by atoms with E-state index in [4.69, 9.17) is 18.8 Å². The van der Waals surface area contributed by atoms with Gasteiger partial charge in [-0.25, -0.2) is 0 Å². The molecule has 0 atom stereocenters. The van der Waals surface area contributed by atoms with Crippen molar-refractivity contribution < 1.29 is 18.8 Å². The summed E-state index contributed by atoms with van der Waals surface area (Å²) in [6.07, 6.45) is -0.234. The summed E-state index contributed by atoms with van der Waals surface area (Å²) >= 11 is 0. The van der Waals surface area contributed by atoms with Crippen LogP contribution in [0.2, 0.25) is 0 Å². The molecule has 0 spiro atoms. The van der Waals surface area contributed by atoms with Crippen LogP contribution in [-0.2, 0) is 18.8 Å². The number of rotatable bonds is 2. The quantitative estimate of drug-likeness (QED) is 0.774. The molecule has 0 bridgehead atoms. The fourth-order valence-electron chi connectivity index (χ4n) is 2.34. The average Bonchev–Trinajstić information content (AvgIpc) is 2.97. The third-order valence-electron chi connectivity index (χ3n) is 4.36. The van der Waals surface area contributed by atoms with Crippen LogP contribution in [0.5, 0.6) is 0 Å². The lowest BCUT2D eigenvalue weighted by Crippen LogP contribution is -2.41. The molecule has 1 aromatic carbocycles. The standard InChI is InChI=1S/C15H21BO4/c1-14(2)15(3,4)20-16(19-14)12-7-5-11(6-8-12)13-17-9-10-18-13/h5-8,13H,9-10H2,1-4H3. The van der Waals surface area contributed by atoms with Crippen LogP contribution in [0.3, 0.4) is 0 Å². The topological polar surface area (TPSA) is 36.9 Å². The normalized spacial score (nSPS) is 25.3. The second kappa shape index (κ2) is 4.84. The molecule has 0 saturated carbocycles. The summed E-state index contributed by atoms with van der Waals surface area (Å²) in [4.78, 5) is 0. The number of hydrogen-bond donors (Lipinski definition) is 0. The lowest BCUT2D eigenvalue weighted by atomic mass is 9.79. The van der Waals surface area contributed by atoms with Gasteiger partial charge in [0.1, 0.15) is 0 Å². The molecular weight excluding hydrogens is 255 g/mol. The summed E-state index contributed by atoms with van der Waals surface area (Å²) in [5.41, 5.74) is 1.43. The minimum atomic E-state index is -0.320. The van der Waals surface area contributed by atoms with E-state index in [1.165, 1.54) is 0 Å². The van der Waals surface area contributed by atoms with Gasteiger partial charge in [0.25, 0.3) is 0 Å². The molecule has 1 aromatic rings. The van der Waals surface area contributed by atoms with Crippen molar-refractivity contribution in [1.29, 1.82) is 0 Å². The van der Waals surface area contributed by atoms with Crippen LogP contribution in [0.1, 0.15) is 39.5 Å². The van der Waals surface area contributed by atoms with E-state index < -0.39 is 0 Å². The Kier molecular flexibility index (Phi) is 3.41. The molecule has 5 heteroatoms. The van der Waals surface area contributed by atoms with E-state index in [1.807, 2.05) is 24.3 Å². The molecule has 0 amide bonds. The summed E-state index contributed by atoms with van der Waals surface area (Å²) in [6, 6.07) is 8.05. The SMILES string of the molecule is CC1(C)OB(c2ccc(C3OCCO3)cc2)OC1(C)C. The maximum atomic E-state index is 6.03. The smallest absolute Gasteiger partial charge is 0.399 e. The summed E-state index contributed by atoms with van der Waals surface area (Å²) < 4.78 is 23.0. The first-order chi connectivity index (χ1) is 9.39. The van der Waals surface area contributed by atoms with Gasteiger partial charge in [-0.15, -0.1) is 0 Å². The second-order valence-corrected chi connectivity index (χ2v) is 6.33. The first kappa shape index (κ1) is 14.1. The average molecular weight is 276 g/mol. The zero-order valence-electron chi connectivity index (χ0n) is 12.5. The predicted octanol–water partition coefficient (Wildman–Crippen LogP) is 2.03. The first-order valence-electron chi connectivity index (χ1n) is 7.08. The lowest BCUT2D eigenvalue weighted by molar-refractivity contribution is -0.0441. The molecule has 0 N–H and O–H groups in total. The van der Waals surface area contributed by atoms with Crippen LogP contribution in [0.15, 0.2) is 24.3 Å². The summed E-state index contributed by atoms with van der Waals surface area (Å²) in [7, 11) is -0.320. The van der Waals surface area contributed by atoms with E-state index in [1.54, 1.807) is 0 Å². The van der Waals surface area contributed by atoms with Gasteiger partial charge in [-0.3, -0.25) is 0 Å². The molecule has 2 fully saturated rings. The van der Waals surface area contributed by atoms with Gasteiger partial charge in [0.05, 0.1) is 24.4 Å². The molecule has 4 nitrogen and oxygen atoms in total. The molecule has 108 valence electrons. The molecule has 2 heterocycles. The fourth-order valence-corrected chi connectivity index (χ4v) is 2.34. The Morgan fingerprint density at radius 1 is 0.900 bits per heavy atom. The number of benzene rings is 1. The van der Waals surface area contributed by atoms with Gasteiger partial charge in [-0.2, -0.15) is 0 Å². The van der Waals surface area contributed by atoms with Crippen LogP contribution < -0.4 is 5.46 Å². The molecule has 0 aromatic heterocycles. The van der Waals surface area contributed by atoms with Gasteiger partial charge in [0.15, 0.2) is 6.29 Å². The molecule has 0 unspecified atom stereocenters. The summed E-state index contributed by atoms with van der Waals surface area (Å²) in [5, 5.41) is 0. The third kappa shape index (κ3) is 2.39. The van der Waals surface area contributed by atoms with Crippen molar-refractivity contribution in [3.8, 4) is 0 Å². The monoisotopic (exact) mass is 276 g/mol. The lowest BCUT2D eigenvalue weighted by Gasteiger charge is -2.32. The highest BCUT2D eigenvalue weighted by molar-refractivity contribution is 6.62. The van der Waals surface area contributed by atoms with E-state index in [0.29, 0.717) is 13.2 Å². The Bertz CT molecular complexity index is 461. The second-order valence-electron chi connectivity index (χ2n) is 6.33. The zero-order valence-corrected chi connectivity index (χ0v) is 12.5. The molecule has 20 heavy (non-hydrogen) atoms. The van der Waals surface area contributed by atoms with Crippen molar-refractivity contribution in [3.63, 3.8) is 0 Å². The highest BCUT2D eigenvalue weighted by Gasteiger charge is 2.51. The molecule has 2 aliphatic heterocycles. The van der Waals surface area contributed by atoms with Gasteiger partial charge in [-0.1, -0.05) is 24.3 Å². The molecule has 0 radical (unpaired) electrons. The van der Waals surface area contributed by atoms with E-state index in [2.05, 4.69) is 27.7 Å². The molecule has 0 aliphatic carbocycles. The fraction of sp³-hybridized carbons (Fsp3) is 0.600. The van der Waals surface area contributed by atoms with Gasteiger partial charge in [0, 0.05) is 5.56 Å². The molecule has 2 saturated heterocycles. The Morgan fingerprint density at radius 2 is 1.40 bits per heavy atom. The van der Waals surface area contributed by atoms with E-state index in [0.717, 1.165) is 11.0 Å². The third-order valence-corrected chi connectivity index (χ3v) is 4.36. The van der Waals surface area contributed by atoms with E-state index >= 15 is 0 Å². The van der Waals surface area contributed by atoms with Crippen molar-refractivity contribution >= 4 is 12.6 Å². The van der Waals surface area contributed by atoms with Crippen LogP contribution in [0, 0.1) is 0 Å². The summed E-state index contributed by atoms with van der Waals surface area (Å²) in [6.45, 7) is 9.54. The van der Waals surface area contributed by atoms with Crippen LogP contribution in [-0.4, -0.2) is 31.5 Å². The predicted molar refractivity (Wildman–Crippen MR) is 76.8 cm³/mol. The van der Waals surface area contributed by atoms with E-state index in [-0.39, 0.29) is 24.6 Å². The molecule has 3 rings (SSSR count). The Morgan fingerprint density at radius 3 is 1.90 bits per heavy atom. The first-order valence-corrected chi connectivity index (χ1v) is 7.08. The van der Waals surface area contributed by atoms with Crippen LogP contribution >= 0.6 is 0 Å². The van der Waals surface area contributed by atoms with Crippen molar-refractivity contribution in [2.45, 2.75) is 45.2 Å². The van der Waals surface area contributed by atoms with E-state index in [9.17, 15) is 0 Å². The van der Waals surface area contributed by atoms with Gasteiger partial charge < -0.3 is 18.8 Å². The highest BCUT2D eigenvalue weighted by Crippen LogP contribution is 2.36. The van der Waals surface area contributed by atoms with Gasteiger partial charge in [0.2, 0.25) is 0 Å². The summed E-state index contributed by atoms with van der Waals surface area (Å²) in [5.74, 6) is 0. The van der Waals surface area contributed by atoms with Crippen molar-refractivity contribution in [2.24, 2.45) is 0 Å². The molecule has 2 aliphatic rings. The van der Waals surface area contributed by atoms with Crippen molar-refractivity contribution in [1.82, 2.24) is 0 Å². The van der Waals surface area contributed by atoms with Crippen LogP contribution in [0.25, 0.3) is 0 Å². The van der Waals surface area contributed by atoms with Crippen molar-refractivity contribution in [2.75, 3.05) is 13.2 Å². The Labute approximate surface area is 120 Å². The maximum absolute atomic E-state index is 6.03. The van der Waals surface area contributed by atoms with Gasteiger partial charge in [-0.05, 0) is 33.2 Å². The Hall–Kier alpha value is -0.875. The Balaban J connectivity index is 1.75. The minimum absolute atomic E-state index is 0.234. The maximum Gasteiger partial charge on any atom is 0.494 e. The number of ether oxygens (including phenoxy) is 2. The number of hydrogen-bond acceptors (Lipinski definition) is 4. The van der Waals surface area contributed by atoms with Crippen LogP contribution in [0.4, 0.5) is 0 Å².